The zero-order valence-corrected chi connectivity index (χ0v) is 16.6. The number of amides is 1. The molecule has 4 rings (SSSR count). The molecule has 5 nitrogen and oxygen atoms in total. The first-order valence-electron chi connectivity index (χ1n) is 9.42. The third-order valence-corrected chi connectivity index (χ3v) is 5.96. The molecule has 0 saturated heterocycles. The summed E-state index contributed by atoms with van der Waals surface area (Å²) in [6.45, 7) is 0. The van der Waals surface area contributed by atoms with E-state index >= 15 is 0 Å². The van der Waals surface area contributed by atoms with Gasteiger partial charge in [0.25, 0.3) is 5.91 Å². The average Bonchev–Trinajstić information content (AvgIpc) is 3.40. The van der Waals surface area contributed by atoms with Gasteiger partial charge in [-0.15, -0.1) is 5.10 Å². The van der Waals surface area contributed by atoms with Gasteiger partial charge in [0.2, 0.25) is 0 Å². The highest BCUT2D eigenvalue weighted by atomic mass is 79.9. The molecule has 1 aromatic carbocycles. The highest BCUT2D eigenvalue weighted by Crippen LogP contribution is 2.42. The van der Waals surface area contributed by atoms with Gasteiger partial charge < -0.3 is 5.32 Å². The molecule has 2 atom stereocenters. The maximum absolute atomic E-state index is 13.0. The largest absolute Gasteiger partial charge is 0.391 e. The van der Waals surface area contributed by atoms with Crippen LogP contribution in [0.2, 0.25) is 0 Å². The van der Waals surface area contributed by atoms with E-state index < -0.39 is 24.0 Å². The van der Waals surface area contributed by atoms with Crippen LogP contribution in [0.5, 0.6) is 0 Å². The molecule has 1 amide bonds. The van der Waals surface area contributed by atoms with Crippen molar-refractivity contribution in [3.8, 4) is 5.69 Å². The van der Waals surface area contributed by atoms with E-state index in [1.165, 1.54) is 0 Å². The smallest absolute Gasteiger partial charge is 0.348 e. The van der Waals surface area contributed by atoms with Crippen molar-refractivity contribution in [3.63, 3.8) is 0 Å². The second-order valence-electron chi connectivity index (χ2n) is 7.56. The summed E-state index contributed by atoms with van der Waals surface area (Å²) in [4.78, 5) is 12.8. The number of nitrogens with zero attached hydrogens (tertiary/aromatic N) is 3. The van der Waals surface area contributed by atoms with Crippen LogP contribution in [-0.4, -0.2) is 33.1 Å². The average molecular weight is 457 g/mol. The van der Waals surface area contributed by atoms with Crippen molar-refractivity contribution < 1.29 is 18.0 Å². The van der Waals surface area contributed by atoms with Crippen molar-refractivity contribution in [2.45, 2.75) is 56.7 Å². The molecule has 2 aromatic rings. The maximum Gasteiger partial charge on any atom is 0.391 e. The van der Waals surface area contributed by atoms with E-state index in [9.17, 15) is 18.0 Å². The van der Waals surface area contributed by atoms with Gasteiger partial charge in [-0.2, -0.15) is 13.2 Å². The standard InChI is InChI=1S/C19H20BrF3N4O/c20-13-6-8-15(9-7-13)27-17(11-4-5-11)16(25-26-27)18(28)24-14-3-1-2-12(10-14)19(21,22)23/h6-9,11-12,14H,1-5,10H2,(H,24,28). The molecule has 0 aliphatic heterocycles. The number of hydrogen-bond acceptors (Lipinski definition) is 3. The van der Waals surface area contributed by atoms with E-state index in [0.717, 1.165) is 28.7 Å². The van der Waals surface area contributed by atoms with Gasteiger partial charge in [0.15, 0.2) is 5.69 Å². The van der Waals surface area contributed by atoms with E-state index in [1.54, 1.807) is 4.68 Å². The number of halogens is 4. The zero-order chi connectivity index (χ0) is 19.9. The molecule has 1 N–H and O–H groups in total. The van der Waals surface area contributed by atoms with Crippen molar-refractivity contribution in [2.75, 3.05) is 0 Å². The van der Waals surface area contributed by atoms with Crippen LogP contribution in [0.1, 0.15) is 60.6 Å². The summed E-state index contributed by atoms with van der Waals surface area (Å²) in [5, 5.41) is 11.0. The van der Waals surface area contributed by atoms with Gasteiger partial charge in [0, 0.05) is 16.4 Å². The topological polar surface area (TPSA) is 59.8 Å². The molecule has 0 radical (unpaired) electrons. The third-order valence-electron chi connectivity index (χ3n) is 5.43. The Labute approximate surface area is 168 Å². The number of carbonyl (C=O) groups is 1. The van der Waals surface area contributed by atoms with Gasteiger partial charge >= 0.3 is 6.18 Å². The van der Waals surface area contributed by atoms with Crippen molar-refractivity contribution in [1.29, 1.82) is 0 Å². The predicted octanol–water partition coefficient (Wildman–Crippen LogP) is 4.76. The van der Waals surface area contributed by atoms with E-state index in [0.29, 0.717) is 12.8 Å². The Morgan fingerprint density at radius 3 is 2.50 bits per heavy atom. The molecule has 1 heterocycles. The van der Waals surface area contributed by atoms with Gasteiger partial charge in [-0.25, -0.2) is 4.68 Å². The monoisotopic (exact) mass is 456 g/mol. The van der Waals surface area contributed by atoms with Crippen LogP contribution in [-0.2, 0) is 0 Å². The number of alkyl halides is 3. The maximum atomic E-state index is 13.0. The summed E-state index contributed by atoms with van der Waals surface area (Å²) in [6, 6.07) is 7.03. The van der Waals surface area contributed by atoms with E-state index in [-0.39, 0.29) is 24.5 Å². The quantitative estimate of drug-likeness (QED) is 0.721. The summed E-state index contributed by atoms with van der Waals surface area (Å²) >= 11 is 3.39. The Balaban J connectivity index is 1.54. The van der Waals surface area contributed by atoms with Crippen molar-refractivity contribution in [1.82, 2.24) is 20.3 Å². The fraction of sp³-hybridized carbons (Fsp3) is 0.526. The highest BCUT2D eigenvalue weighted by Gasteiger charge is 2.43. The van der Waals surface area contributed by atoms with Crippen LogP contribution in [0.25, 0.3) is 5.69 Å². The molecule has 2 saturated carbocycles. The van der Waals surface area contributed by atoms with Gasteiger partial charge in [-0.05, 0) is 56.4 Å². The molecular formula is C19H20BrF3N4O. The fourth-order valence-electron chi connectivity index (χ4n) is 3.82. The lowest BCUT2D eigenvalue weighted by atomic mass is 9.85. The number of aromatic nitrogens is 3. The SMILES string of the molecule is O=C(NC1CCCC(C(F)(F)F)C1)c1nnn(-c2ccc(Br)cc2)c1C1CC1. The van der Waals surface area contributed by atoms with E-state index in [2.05, 4.69) is 31.6 Å². The molecule has 0 bridgehead atoms. The first-order chi connectivity index (χ1) is 13.3. The fourth-order valence-corrected chi connectivity index (χ4v) is 4.08. The van der Waals surface area contributed by atoms with Crippen molar-refractivity contribution in [3.05, 3.63) is 40.1 Å². The Hall–Kier alpha value is -1.90. The van der Waals surface area contributed by atoms with Crippen LogP contribution < -0.4 is 5.32 Å². The van der Waals surface area contributed by atoms with Crippen molar-refractivity contribution >= 4 is 21.8 Å². The van der Waals surface area contributed by atoms with Gasteiger partial charge in [0.1, 0.15) is 0 Å². The van der Waals surface area contributed by atoms with Gasteiger partial charge in [-0.1, -0.05) is 27.6 Å². The van der Waals surface area contributed by atoms with Crippen LogP contribution in [0.15, 0.2) is 28.7 Å². The predicted molar refractivity (Wildman–Crippen MR) is 100 cm³/mol. The summed E-state index contributed by atoms with van der Waals surface area (Å²) in [6.07, 6.45) is -1.26. The second kappa shape index (κ2) is 7.50. The Morgan fingerprint density at radius 2 is 1.86 bits per heavy atom. The number of rotatable bonds is 4. The van der Waals surface area contributed by atoms with Crippen LogP contribution in [0.3, 0.4) is 0 Å². The summed E-state index contributed by atoms with van der Waals surface area (Å²) in [5.74, 6) is -1.58. The molecular weight excluding hydrogens is 437 g/mol. The number of carbonyl (C=O) groups excluding carboxylic acids is 1. The minimum Gasteiger partial charge on any atom is -0.348 e. The lowest BCUT2D eigenvalue weighted by molar-refractivity contribution is -0.183. The molecule has 2 unspecified atom stereocenters. The minimum atomic E-state index is -4.21. The first-order valence-corrected chi connectivity index (χ1v) is 10.2. The number of benzene rings is 1. The molecule has 9 heteroatoms. The Bertz CT molecular complexity index is 861. The van der Waals surface area contributed by atoms with Crippen molar-refractivity contribution in [2.24, 2.45) is 5.92 Å². The van der Waals surface area contributed by atoms with Crippen LogP contribution in [0.4, 0.5) is 13.2 Å². The molecule has 1 aromatic heterocycles. The van der Waals surface area contributed by atoms with E-state index in [4.69, 9.17) is 0 Å². The Kier molecular flexibility index (Phi) is 5.20. The normalized spacial score (nSPS) is 22.9. The second-order valence-corrected chi connectivity index (χ2v) is 8.48. The lowest BCUT2D eigenvalue weighted by Gasteiger charge is -2.30. The van der Waals surface area contributed by atoms with Crippen LogP contribution >= 0.6 is 15.9 Å². The minimum absolute atomic E-state index is 0.0746. The molecule has 28 heavy (non-hydrogen) atoms. The van der Waals surface area contributed by atoms with Gasteiger partial charge in [0.05, 0.1) is 17.3 Å². The molecule has 2 fully saturated rings. The van der Waals surface area contributed by atoms with Gasteiger partial charge in [-0.3, -0.25) is 4.79 Å². The molecule has 2 aliphatic carbocycles. The van der Waals surface area contributed by atoms with Crippen LogP contribution in [0, 0.1) is 5.92 Å². The first kappa shape index (κ1) is 19.4. The Morgan fingerprint density at radius 1 is 1.14 bits per heavy atom. The lowest BCUT2D eigenvalue weighted by Crippen LogP contribution is -2.42. The highest BCUT2D eigenvalue weighted by molar-refractivity contribution is 9.10. The molecule has 150 valence electrons. The third kappa shape index (κ3) is 4.09. The zero-order valence-electron chi connectivity index (χ0n) is 15.0. The number of nitrogens with one attached hydrogen (secondary N) is 1. The number of hydrogen-bond donors (Lipinski definition) is 1. The summed E-state index contributed by atoms with van der Waals surface area (Å²) in [7, 11) is 0. The summed E-state index contributed by atoms with van der Waals surface area (Å²) in [5.41, 5.74) is 1.76. The molecule has 0 spiro atoms. The summed E-state index contributed by atoms with van der Waals surface area (Å²) < 4.78 is 41.7. The molecule has 2 aliphatic rings. The van der Waals surface area contributed by atoms with E-state index in [1.807, 2.05) is 24.3 Å².